The maximum Gasteiger partial charge on any atom is 0.316 e. The van der Waals surface area contributed by atoms with Gasteiger partial charge < -0.3 is 16.4 Å². The number of anilines is 1. The quantitative estimate of drug-likeness (QED) is 0.756. The Kier molecular flexibility index (Phi) is 5.95. The van der Waals surface area contributed by atoms with Gasteiger partial charge in [0.15, 0.2) is 0 Å². The standard InChI is InChI=1S/C19H23N3O2/c1-13(2)12-17(14-6-4-3-5-7-14)22-18(23)15-8-10-16(11-9-15)21-19(20)24/h3-11,13,17H,12H2,1-2H3,(H,22,23)(H3,20,21,24)/t17-/m0/s1. The molecule has 0 bridgehead atoms. The number of primary amides is 1. The molecule has 2 aromatic rings. The van der Waals surface area contributed by atoms with Gasteiger partial charge in [0.05, 0.1) is 6.04 Å². The van der Waals surface area contributed by atoms with E-state index in [0.717, 1.165) is 12.0 Å². The van der Waals surface area contributed by atoms with Crippen molar-refractivity contribution in [2.24, 2.45) is 11.7 Å². The summed E-state index contributed by atoms with van der Waals surface area (Å²) in [6, 6.07) is 15.9. The van der Waals surface area contributed by atoms with Crippen molar-refractivity contribution in [1.29, 1.82) is 0 Å². The van der Waals surface area contributed by atoms with Gasteiger partial charge in [0, 0.05) is 11.3 Å². The van der Waals surface area contributed by atoms with Crippen LogP contribution in [0, 0.1) is 5.92 Å². The second-order valence-corrected chi connectivity index (χ2v) is 6.13. The van der Waals surface area contributed by atoms with E-state index in [1.807, 2.05) is 30.3 Å². The zero-order chi connectivity index (χ0) is 17.5. The summed E-state index contributed by atoms with van der Waals surface area (Å²) in [5.74, 6) is 0.313. The Bertz CT molecular complexity index is 682. The van der Waals surface area contributed by atoms with E-state index in [4.69, 9.17) is 5.73 Å². The normalized spacial score (nSPS) is 11.8. The number of benzene rings is 2. The smallest absolute Gasteiger partial charge is 0.316 e. The van der Waals surface area contributed by atoms with Crippen molar-refractivity contribution in [3.63, 3.8) is 0 Å². The molecular formula is C19H23N3O2. The van der Waals surface area contributed by atoms with E-state index in [-0.39, 0.29) is 11.9 Å². The molecule has 3 amide bonds. The first-order valence-electron chi connectivity index (χ1n) is 7.98. The molecule has 0 aromatic heterocycles. The van der Waals surface area contributed by atoms with Gasteiger partial charge in [-0.05, 0) is 42.2 Å². The van der Waals surface area contributed by atoms with Crippen molar-refractivity contribution in [3.8, 4) is 0 Å². The number of nitrogens with two attached hydrogens (primary N) is 1. The van der Waals surface area contributed by atoms with Gasteiger partial charge in [-0.25, -0.2) is 4.79 Å². The van der Waals surface area contributed by atoms with Gasteiger partial charge in [-0.2, -0.15) is 0 Å². The summed E-state index contributed by atoms with van der Waals surface area (Å²) in [6.45, 7) is 4.26. The molecule has 0 saturated heterocycles. The fourth-order valence-corrected chi connectivity index (χ4v) is 2.52. The molecule has 0 fully saturated rings. The number of hydrogen-bond acceptors (Lipinski definition) is 2. The van der Waals surface area contributed by atoms with Crippen LogP contribution in [0.1, 0.15) is 42.2 Å². The lowest BCUT2D eigenvalue weighted by molar-refractivity contribution is 0.0932. The van der Waals surface area contributed by atoms with Crippen LogP contribution in [0.2, 0.25) is 0 Å². The van der Waals surface area contributed by atoms with Gasteiger partial charge in [-0.15, -0.1) is 0 Å². The van der Waals surface area contributed by atoms with Gasteiger partial charge in [0.25, 0.3) is 5.91 Å². The molecule has 0 aliphatic heterocycles. The van der Waals surface area contributed by atoms with Crippen LogP contribution >= 0.6 is 0 Å². The summed E-state index contributed by atoms with van der Waals surface area (Å²) in [7, 11) is 0. The molecule has 0 aliphatic rings. The molecule has 0 aliphatic carbocycles. The second-order valence-electron chi connectivity index (χ2n) is 6.13. The van der Waals surface area contributed by atoms with E-state index in [1.54, 1.807) is 24.3 Å². The summed E-state index contributed by atoms with van der Waals surface area (Å²) in [5, 5.41) is 5.56. The summed E-state index contributed by atoms with van der Waals surface area (Å²) >= 11 is 0. The van der Waals surface area contributed by atoms with Crippen LogP contribution < -0.4 is 16.4 Å². The molecule has 0 spiro atoms. The molecular weight excluding hydrogens is 302 g/mol. The second kappa shape index (κ2) is 8.15. The zero-order valence-corrected chi connectivity index (χ0v) is 14.0. The Labute approximate surface area is 142 Å². The Balaban J connectivity index is 2.11. The molecule has 2 rings (SSSR count). The zero-order valence-electron chi connectivity index (χ0n) is 14.0. The summed E-state index contributed by atoms with van der Waals surface area (Å²) in [5.41, 5.74) is 7.25. The molecule has 5 heteroatoms. The SMILES string of the molecule is CC(C)C[C@H](NC(=O)c1ccc(NC(N)=O)cc1)c1ccccc1. The lowest BCUT2D eigenvalue weighted by Crippen LogP contribution is -2.29. The van der Waals surface area contributed by atoms with Crippen LogP contribution in [0.15, 0.2) is 54.6 Å². The van der Waals surface area contributed by atoms with Crippen LogP contribution in [0.3, 0.4) is 0 Å². The molecule has 24 heavy (non-hydrogen) atoms. The Morgan fingerprint density at radius 3 is 2.17 bits per heavy atom. The van der Waals surface area contributed by atoms with E-state index < -0.39 is 6.03 Å². The monoisotopic (exact) mass is 325 g/mol. The summed E-state index contributed by atoms with van der Waals surface area (Å²) in [6.07, 6.45) is 0.858. The van der Waals surface area contributed by atoms with Gasteiger partial charge in [0.1, 0.15) is 0 Å². The predicted molar refractivity (Wildman–Crippen MR) is 95.8 cm³/mol. The fourth-order valence-electron chi connectivity index (χ4n) is 2.52. The van der Waals surface area contributed by atoms with Crippen molar-refractivity contribution in [1.82, 2.24) is 5.32 Å². The Morgan fingerprint density at radius 2 is 1.62 bits per heavy atom. The van der Waals surface area contributed by atoms with Crippen LogP contribution in [0.5, 0.6) is 0 Å². The number of hydrogen-bond donors (Lipinski definition) is 3. The fraction of sp³-hybridized carbons (Fsp3) is 0.263. The Morgan fingerprint density at radius 1 is 1.00 bits per heavy atom. The van der Waals surface area contributed by atoms with Gasteiger partial charge in [-0.1, -0.05) is 44.2 Å². The third-order valence-electron chi connectivity index (χ3n) is 3.63. The highest BCUT2D eigenvalue weighted by Crippen LogP contribution is 2.22. The van der Waals surface area contributed by atoms with E-state index in [2.05, 4.69) is 24.5 Å². The van der Waals surface area contributed by atoms with Crippen molar-refractivity contribution in [2.75, 3.05) is 5.32 Å². The van der Waals surface area contributed by atoms with Crippen LogP contribution in [-0.4, -0.2) is 11.9 Å². The highest BCUT2D eigenvalue weighted by molar-refractivity contribution is 5.95. The minimum atomic E-state index is -0.631. The first-order chi connectivity index (χ1) is 11.5. The highest BCUT2D eigenvalue weighted by atomic mass is 16.2. The van der Waals surface area contributed by atoms with E-state index in [9.17, 15) is 9.59 Å². The summed E-state index contributed by atoms with van der Waals surface area (Å²) < 4.78 is 0. The molecule has 1 atom stereocenters. The lowest BCUT2D eigenvalue weighted by Gasteiger charge is -2.21. The first kappa shape index (κ1) is 17.5. The molecule has 5 nitrogen and oxygen atoms in total. The Hall–Kier alpha value is -2.82. The maximum absolute atomic E-state index is 12.5. The molecule has 4 N–H and O–H groups in total. The maximum atomic E-state index is 12.5. The third kappa shape index (κ3) is 5.12. The highest BCUT2D eigenvalue weighted by Gasteiger charge is 2.17. The number of amides is 3. The number of rotatable bonds is 6. The topological polar surface area (TPSA) is 84.2 Å². The third-order valence-corrected chi connectivity index (χ3v) is 3.63. The van der Waals surface area contributed by atoms with E-state index >= 15 is 0 Å². The van der Waals surface area contributed by atoms with Crippen molar-refractivity contribution >= 4 is 17.6 Å². The molecule has 2 aromatic carbocycles. The van der Waals surface area contributed by atoms with Crippen molar-refractivity contribution in [3.05, 3.63) is 65.7 Å². The minimum Gasteiger partial charge on any atom is -0.351 e. The average molecular weight is 325 g/mol. The number of urea groups is 1. The van der Waals surface area contributed by atoms with Crippen molar-refractivity contribution in [2.45, 2.75) is 26.3 Å². The molecule has 0 saturated carbocycles. The number of nitrogens with one attached hydrogen (secondary N) is 2. The van der Waals surface area contributed by atoms with Crippen molar-refractivity contribution < 1.29 is 9.59 Å². The van der Waals surface area contributed by atoms with Crippen LogP contribution in [-0.2, 0) is 0 Å². The van der Waals surface area contributed by atoms with Gasteiger partial charge >= 0.3 is 6.03 Å². The van der Waals surface area contributed by atoms with Crippen LogP contribution in [0.25, 0.3) is 0 Å². The minimum absolute atomic E-state index is 0.0397. The number of carbonyl (C=O) groups excluding carboxylic acids is 2. The van der Waals surface area contributed by atoms with E-state index in [1.165, 1.54) is 0 Å². The predicted octanol–water partition coefficient (Wildman–Crippen LogP) is 3.69. The first-order valence-corrected chi connectivity index (χ1v) is 7.98. The molecule has 126 valence electrons. The molecule has 0 radical (unpaired) electrons. The summed E-state index contributed by atoms with van der Waals surface area (Å²) in [4.78, 5) is 23.3. The molecule has 0 unspecified atom stereocenters. The van der Waals surface area contributed by atoms with Crippen LogP contribution in [0.4, 0.5) is 10.5 Å². The number of carbonyl (C=O) groups is 2. The molecule has 0 heterocycles. The van der Waals surface area contributed by atoms with Gasteiger partial charge in [-0.3, -0.25) is 4.79 Å². The lowest BCUT2D eigenvalue weighted by atomic mass is 9.96. The largest absolute Gasteiger partial charge is 0.351 e. The van der Waals surface area contributed by atoms with E-state index in [0.29, 0.717) is 17.2 Å². The average Bonchev–Trinajstić information content (AvgIpc) is 2.54. The van der Waals surface area contributed by atoms with Gasteiger partial charge in [0.2, 0.25) is 0 Å².